The van der Waals surface area contributed by atoms with E-state index in [1.807, 2.05) is 0 Å². The third-order valence-corrected chi connectivity index (χ3v) is 4.26. The fourth-order valence-corrected chi connectivity index (χ4v) is 2.51. The van der Waals surface area contributed by atoms with Gasteiger partial charge in [0.05, 0.1) is 0 Å². The van der Waals surface area contributed by atoms with Crippen molar-refractivity contribution in [2.45, 2.75) is 44.3 Å². The zero-order valence-electron chi connectivity index (χ0n) is 16.5. The maximum Gasteiger partial charge on any atom is 0.534 e. The molecule has 0 saturated carbocycles. The van der Waals surface area contributed by atoms with Crippen LogP contribution < -0.4 is 9.50 Å². The number of likely N-dealkylation sites (N-methyl/N-ethyl adjacent to an activating group) is 1. The monoisotopic (exact) mass is 440 g/mol. The van der Waals surface area contributed by atoms with Crippen molar-refractivity contribution in [3.63, 3.8) is 0 Å². The summed E-state index contributed by atoms with van der Waals surface area (Å²) < 4.78 is 68.3. The Kier molecular flexibility index (Phi) is 7.52. The summed E-state index contributed by atoms with van der Waals surface area (Å²) >= 11 is 0. The average molecular weight is 440 g/mol. The summed E-state index contributed by atoms with van der Waals surface area (Å²) in [4.78, 5) is 25.6. The van der Waals surface area contributed by atoms with E-state index in [1.165, 1.54) is 31.1 Å². The second kappa shape index (κ2) is 8.89. The summed E-state index contributed by atoms with van der Waals surface area (Å²) in [7, 11) is -2.80. The first-order valence-electron chi connectivity index (χ1n) is 8.32. The summed E-state index contributed by atoms with van der Waals surface area (Å²) in [5.74, 6) is -0.975. The summed E-state index contributed by atoms with van der Waals surface area (Å²) in [5.41, 5.74) is -5.89. The molecule has 1 atom stereocenters. The number of alkyl carbamates (subject to hydrolysis) is 1. The average Bonchev–Trinajstić information content (AvgIpc) is 2.52. The van der Waals surface area contributed by atoms with Gasteiger partial charge in [-0.15, -0.1) is 0 Å². The van der Waals surface area contributed by atoms with Gasteiger partial charge in [-0.1, -0.05) is 12.1 Å². The van der Waals surface area contributed by atoms with Crippen molar-refractivity contribution in [2.24, 2.45) is 0 Å². The van der Waals surface area contributed by atoms with Crippen LogP contribution in [0.1, 0.15) is 26.3 Å². The molecule has 0 radical (unpaired) electrons. The number of carbonyl (C=O) groups is 2. The summed E-state index contributed by atoms with van der Waals surface area (Å²) in [6, 6.07) is 3.60. The van der Waals surface area contributed by atoms with E-state index in [0.29, 0.717) is 5.56 Å². The second-order valence-electron chi connectivity index (χ2n) is 7.26. The first kappa shape index (κ1) is 24.5. The van der Waals surface area contributed by atoms with Gasteiger partial charge >= 0.3 is 21.7 Å². The number of nitrogens with one attached hydrogen (secondary N) is 1. The molecule has 2 amide bonds. The Balaban J connectivity index is 2.94. The number of carbonyl (C=O) groups excluding carboxylic acids is 2. The molecule has 0 aliphatic rings. The molecular formula is C17H23F3N2O6S. The molecular weight excluding hydrogens is 417 g/mol. The van der Waals surface area contributed by atoms with Crippen LogP contribution in [0.15, 0.2) is 24.3 Å². The van der Waals surface area contributed by atoms with E-state index in [1.54, 1.807) is 20.8 Å². The predicted molar refractivity (Wildman–Crippen MR) is 97.6 cm³/mol. The molecule has 0 unspecified atom stereocenters. The fourth-order valence-electron chi connectivity index (χ4n) is 2.05. The first-order valence-corrected chi connectivity index (χ1v) is 9.73. The molecule has 0 aromatic heterocycles. The van der Waals surface area contributed by atoms with E-state index in [4.69, 9.17) is 4.74 Å². The maximum atomic E-state index is 12.4. The third kappa shape index (κ3) is 7.80. The van der Waals surface area contributed by atoms with Gasteiger partial charge in [0, 0.05) is 20.5 Å². The van der Waals surface area contributed by atoms with Crippen LogP contribution in [0.5, 0.6) is 5.75 Å². The third-order valence-electron chi connectivity index (χ3n) is 3.28. The van der Waals surface area contributed by atoms with Crippen molar-refractivity contribution in [1.82, 2.24) is 10.2 Å². The topological polar surface area (TPSA) is 102 Å². The lowest BCUT2D eigenvalue weighted by Gasteiger charge is -2.25. The van der Waals surface area contributed by atoms with Crippen LogP contribution in [0.25, 0.3) is 0 Å². The molecule has 1 N–H and O–H groups in total. The van der Waals surface area contributed by atoms with Gasteiger partial charge in [-0.05, 0) is 38.5 Å². The molecule has 0 aliphatic heterocycles. The molecule has 0 saturated heterocycles. The van der Waals surface area contributed by atoms with Crippen LogP contribution >= 0.6 is 0 Å². The van der Waals surface area contributed by atoms with Crippen molar-refractivity contribution in [1.29, 1.82) is 0 Å². The maximum absolute atomic E-state index is 12.4. The Labute approximate surface area is 167 Å². The highest BCUT2D eigenvalue weighted by atomic mass is 32.2. The SMILES string of the molecule is CN(C)C(=O)[C@@H](Cc1ccc(OS(=O)(=O)C(F)(F)F)cc1)NC(=O)OC(C)(C)C. The van der Waals surface area contributed by atoms with Gasteiger partial charge in [0.2, 0.25) is 5.91 Å². The van der Waals surface area contributed by atoms with Gasteiger partial charge in [-0.25, -0.2) is 4.79 Å². The smallest absolute Gasteiger partial charge is 0.444 e. The fraction of sp³-hybridized carbons (Fsp3) is 0.529. The largest absolute Gasteiger partial charge is 0.534 e. The number of halogens is 3. The molecule has 0 spiro atoms. The van der Waals surface area contributed by atoms with E-state index in [9.17, 15) is 31.2 Å². The van der Waals surface area contributed by atoms with Gasteiger partial charge in [-0.3, -0.25) is 4.79 Å². The normalized spacial score (nSPS) is 13.4. The molecule has 0 aliphatic carbocycles. The van der Waals surface area contributed by atoms with Crippen LogP contribution in [0.4, 0.5) is 18.0 Å². The van der Waals surface area contributed by atoms with Crippen molar-refractivity contribution in [3.8, 4) is 5.75 Å². The number of ether oxygens (including phenoxy) is 1. The van der Waals surface area contributed by atoms with Crippen LogP contribution in [0.3, 0.4) is 0 Å². The zero-order chi connectivity index (χ0) is 22.6. The van der Waals surface area contributed by atoms with Gasteiger partial charge in [0.1, 0.15) is 17.4 Å². The Hall–Kier alpha value is -2.50. The highest BCUT2D eigenvalue weighted by Crippen LogP contribution is 2.27. The van der Waals surface area contributed by atoms with Crippen LogP contribution in [-0.2, 0) is 26.1 Å². The standard InChI is InChI=1S/C17H23F3N2O6S/c1-16(2,3)27-15(24)21-13(14(23)22(4)5)10-11-6-8-12(9-7-11)28-29(25,26)17(18,19)20/h6-9,13H,10H2,1-5H3,(H,21,24)/t13-/m1/s1. The Bertz CT molecular complexity index is 830. The minimum Gasteiger partial charge on any atom is -0.444 e. The second-order valence-corrected chi connectivity index (χ2v) is 8.80. The van der Waals surface area contributed by atoms with Gasteiger partial charge in [-0.2, -0.15) is 21.6 Å². The van der Waals surface area contributed by atoms with E-state index in [0.717, 1.165) is 12.1 Å². The van der Waals surface area contributed by atoms with Crippen molar-refractivity contribution < 1.29 is 40.1 Å². The lowest BCUT2D eigenvalue weighted by atomic mass is 10.0. The highest BCUT2D eigenvalue weighted by Gasteiger charge is 2.48. The molecule has 0 heterocycles. The van der Waals surface area contributed by atoms with Crippen LogP contribution in [-0.4, -0.2) is 56.6 Å². The number of hydrogen-bond acceptors (Lipinski definition) is 6. The molecule has 1 rings (SSSR count). The van der Waals surface area contributed by atoms with Crippen molar-refractivity contribution in [3.05, 3.63) is 29.8 Å². The van der Waals surface area contributed by atoms with Crippen LogP contribution in [0, 0.1) is 0 Å². The molecule has 29 heavy (non-hydrogen) atoms. The van der Waals surface area contributed by atoms with E-state index >= 15 is 0 Å². The molecule has 12 heteroatoms. The number of hydrogen-bond donors (Lipinski definition) is 1. The molecule has 0 fully saturated rings. The van der Waals surface area contributed by atoms with E-state index < -0.39 is 45.0 Å². The lowest BCUT2D eigenvalue weighted by molar-refractivity contribution is -0.130. The summed E-state index contributed by atoms with van der Waals surface area (Å²) in [6.07, 6.45) is -0.823. The van der Waals surface area contributed by atoms with Gasteiger partial charge in [0.25, 0.3) is 0 Å². The van der Waals surface area contributed by atoms with Gasteiger partial charge < -0.3 is 19.1 Å². The first-order chi connectivity index (χ1) is 13.0. The molecule has 164 valence electrons. The number of alkyl halides is 3. The Morgan fingerprint density at radius 3 is 2.03 bits per heavy atom. The van der Waals surface area contributed by atoms with Crippen molar-refractivity contribution >= 4 is 22.1 Å². The van der Waals surface area contributed by atoms with Gasteiger partial charge in [0.15, 0.2) is 0 Å². The number of benzene rings is 1. The molecule has 1 aromatic carbocycles. The Morgan fingerprint density at radius 1 is 1.10 bits per heavy atom. The number of amides is 2. The van der Waals surface area contributed by atoms with E-state index in [-0.39, 0.29) is 6.42 Å². The minimum absolute atomic E-state index is 0.0114. The lowest BCUT2D eigenvalue weighted by Crippen LogP contribution is -2.48. The molecule has 1 aromatic rings. The van der Waals surface area contributed by atoms with Crippen LogP contribution in [0.2, 0.25) is 0 Å². The number of rotatable bonds is 6. The molecule has 0 bridgehead atoms. The Morgan fingerprint density at radius 2 is 1.62 bits per heavy atom. The van der Waals surface area contributed by atoms with E-state index in [2.05, 4.69) is 9.50 Å². The summed E-state index contributed by atoms with van der Waals surface area (Å²) in [6.45, 7) is 4.97. The highest BCUT2D eigenvalue weighted by molar-refractivity contribution is 7.88. The predicted octanol–water partition coefficient (Wildman–Crippen LogP) is 2.44. The van der Waals surface area contributed by atoms with Crippen molar-refractivity contribution in [2.75, 3.05) is 14.1 Å². The molecule has 8 nitrogen and oxygen atoms in total. The minimum atomic E-state index is -5.78. The number of nitrogens with zero attached hydrogens (tertiary/aromatic N) is 1. The summed E-state index contributed by atoms with van der Waals surface area (Å²) in [5, 5.41) is 2.45. The quantitative estimate of drug-likeness (QED) is 0.539. The zero-order valence-corrected chi connectivity index (χ0v) is 17.3.